The molecule has 2 aromatic rings. The number of benzene rings is 1. The Morgan fingerprint density at radius 3 is 2.31 bits per heavy atom. The van der Waals surface area contributed by atoms with Gasteiger partial charge in [-0.2, -0.15) is 4.98 Å². The molecule has 0 aliphatic heterocycles. The van der Waals surface area contributed by atoms with Crippen molar-refractivity contribution in [2.75, 3.05) is 0 Å². The second-order valence-electron chi connectivity index (χ2n) is 3.41. The van der Waals surface area contributed by atoms with Gasteiger partial charge in [0.05, 0.1) is 5.69 Å². The SMILES string of the molecule is Cc1cc(-c2cc(Cl)cc(Cl)c2)nc(=O)[nH]1. The van der Waals surface area contributed by atoms with E-state index < -0.39 is 0 Å². The number of halogens is 2. The van der Waals surface area contributed by atoms with Gasteiger partial charge in [0.15, 0.2) is 0 Å². The molecule has 0 fully saturated rings. The quantitative estimate of drug-likeness (QED) is 0.851. The van der Waals surface area contributed by atoms with Crippen LogP contribution >= 0.6 is 23.2 Å². The summed E-state index contributed by atoms with van der Waals surface area (Å²) in [5.41, 5.74) is 1.65. The smallest absolute Gasteiger partial charge is 0.310 e. The summed E-state index contributed by atoms with van der Waals surface area (Å²) in [5, 5.41) is 1.03. The number of nitrogens with one attached hydrogen (secondary N) is 1. The van der Waals surface area contributed by atoms with Gasteiger partial charge in [0.2, 0.25) is 0 Å². The molecule has 16 heavy (non-hydrogen) atoms. The Hall–Kier alpha value is -1.32. The lowest BCUT2D eigenvalue weighted by atomic mass is 10.1. The Balaban J connectivity index is 2.62. The molecule has 0 aliphatic carbocycles. The van der Waals surface area contributed by atoms with Crippen molar-refractivity contribution in [1.82, 2.24) is 9.97 Å². The zero-order chi connectivity index (χ0) is 11.7. The van der Waals surface area contributed by atoms with E-state index in [9.17, 15) is 4.79 Å². The summed E-state index contributed by atoms with van der Waals surface area (Å²) in [5.74, 6) is 0. The monoisotopic (exact) mass is 254 g/mol. The van der Waals surface area contributed by atoms with Crippen LogP contribution in [0.4, 0.5) is 0 Å². The van der Waals surface area contributed by atoms with Crippen LogP contribution in [-0.4, -0.2) is 9.97 Å². The first kappa shape index (κ1) is 11.2. The van der Waals surface area contributed by atoms with Crippen molar-refractivity contribution >= 4 is 23.2 Å². The second-order valence-corrected chi connectivity index (χ2v) is 4.29. The van der Waals surface area contributed by atoms with Crippen LogP contribution in [0.1, 0.15) is 5.69 Å². The van der Waals surface area contributed by atoms with Crippen molar-refractivity contribution in [2.24, 2.45) is 0 Å². The minimum Gasteiger partial charge on any atom is -0.310 e. The van der Waals surface area contributed by atoms with E-state index in [1.165, 1.54) is 0 Å². The van der Waals surface area contributed by atoms with Crippen molar-refractivity contribution in [3.8, 4) is 11.3 Å². The van der Waals surface area contributed by atoms with E-state index in [1.807, 2.05) is 0 Å². The maximum absolute atomic E-state index is 11.2. The van der Waals surface area contributed by atoms with Gasteiger partial charge < -0.3 is 4.98 Å². The summed E-state index contributed by atoms with van der Waals surface area (Å²) < 4.78 is 0. The van der Waals surface area contributed by atoms with Crippen LogP contribution in [0.5, 0.6) is 0 Å². The van der Waals surface area contributed by atoms with Crippen molar-refractivity contribution in [2.45, 2.75) is 6.92 Å². The summed E-state index contributed by atoms with van der Waals surface area (Å²) in [6, 6.07) is 6.83. The second kappa shape index (κ2) is 4.28. The molecule has 0 saturated carbocycles. The van der Waals surface area contributed by atoms with Gasteiger partial charge in [-0.15, -0.1) is 0 Å². The molecule has 1 N–H and O–H groups in total. The number of hydrogen-bond acceptors (Lipinski definition) is 2. The van der Waals surface area contributed by atoms with Crippen LogP contribution < -0.4 is 5.69 Å². The molecule has 1 heterocycles. The number of aromatic nitrogens is 2. The van der Waals surface area contributed by atoms with Crippen molar-refractivity contribution in [3.05, 3.63) is 50.5 Å². The molecule has 0 amide bonds. The molecule has 1 aromatic heterocycles. The first-order valence-corrected chi connectivity index (χ1v) is 5.34. The summed E-state index contributed by atoms with van der Waals surface area (Å²) in [4.78, 5) is 17.7. The van der Waals surface area contributed by atoms with Gasteiger partial charge in [0.1, 0.15) is 0 Å². The third-order valence-electron chi connectivity index (χ3n) is 2.04. The molecule has 0 saturated heterocycles. The Morgan fingerprint density at radius 1 is 1.12 bits per heavy atom. The van der Waals surface area contributed by atoms with Gasteiger partial charge in [0, 0.05) is 21.3 Å². The highest BCUT2D eigenvalue weighted by Gasteiger charge is 2.04. The summed E-state index contributed by atoms with van der Waals surface area (Å²) in [7, 11) is 0. The van der Waals surface area contributed by atoms with Gasteiger partial charge >= 0.3 is 5.69 Å². The molecule has 0 unspecified atom stereocenters. The van der Waals surface area contributed by atoms with E-state index >= 15 is 0 Å². The lowest BCUT2D eigenvalue weighted by Crippen LogP contribution is -2.11. The van der Waals surface area contributed by atoms with Gasteiger partial charge in [-0.25, -0.2) is 4.79 Å². The molecule has 1 aromatic carbocycles. The fourth-order valence-electron chi connectivity index (χ4n) is 1.43. The van der Waals surface area contributed by atoms with Crippen LogP contribution in [0.3, 0.4) is 0 Å². The number of rotatable bonds is 1. The van der Waals surface area contributed by atoms with Crippen LogP contribution in [0.15, 0.2) is 29.1 Å². The highest BCUT2D eigenvalue weighted by Crippen LogP contribution is 2.25. The van der Waals surface area contributed by atoms with E-state index in [4.69, 9.17) is 23.2 Å². The van der Waals surface area contributed by atoms with Crippen LogP contribution in [-0.2, 0) is 0 Å². The first-order chi connectivity index (χ1) is 7.54. The minimum absolute atomic E-state index is 0.383. The fourth-order valence-corrected chi connectivity index (χ4v) is 1.96. The molecule has 0 spiro atoms. The molecule has 82 valence electrons. The minimum atomic E-state index is -0.383. The normalized spacial score (nSPS) is 10.4. The third-order valence-corrected chi connectivity index (χ3v) is 2.47. The van der Waals surface area contributed by atoms with E-state index in [-0.39, 0.29) is 5.69 Å². The van der Waals surface area contributed by atoms with Crippen LogP contribution in [0.25, 0.3) is 11.3 Å². The van der Waals surface area contributed by atoms with Gasteiger partial charge in [0.25, 0.3) is 0 Å². The Bertz CT molecular complexity index is 573. The van der Waals surface area contributed by atoms with E-state index in [1.54, 1.807) is 31.2 Å². The lowest BCUT2D eigenvalue weighted by Gasteiger charge is -2.03. The van der Waals surface area contributed by atoms with Crippen molar-refractivity contribution in [3.63, 3.8) is 0 Å². The van der Waals surface area contributed by atoms with Crippen molar-refractivity contribution in [1.29, 1.82) is 0 Å². The first-order valence-electron chi connectivity index (χ1n) is 4.59. The Kier molecular flexibility index (Phi) is 2.99. The van der Waals surface area contributed by atoms with E-state index in [2.05, 4.69) is 9.97 Å². The fraction of sp³-hybridized carbons (Fsp3) is 0.0909. The van der Waals surface area contributed by atoms with E-state index in [0.717, 1.165) is 11.3 Å². The highest BCUT2D eigenvalue weighted by atomic mass is 35.5. The zero-order valence-electron chi connectivity index (χ0n) is 8.42. The molecule has 0 radical (unpaired) electrons. The molecular weight excluding hydrogens is 247 g/mol. The number of aromatic amines is 1. The van der Waals surface area contributed by atoms with Gasteiger partial charge in [-0.3, -0.25) is 0 Å². The average molecular weight is 255 g/mol. The number of nitrogens with zero attached hydrogens (tertiary/aromatic N) is 1. The Labute approximate surface area is 102 Å². The van der Waals surface area contributed by atoms with E-state index in [0.29, 0.717) is 15.7 Å². The maximum atomic E-state index is 11.2. The molecule has 2 rings (SSSR count). The number of H-pyrrole nitrogens is 1. The molecular formula is C11H8Cl2N2O. The molecule has 0 atom stereocenters. The standard InChI is InChI=1S/C11H8Cl2N2O/c1-6-2-10(15-11(16)14-6)7-3-8(12)5-9(13)4-7/h2-5H,1H3,(H,14,15,16). The summed E-state index contributed by atoms with van der Waals surface area (Å²) >= 11 is 11.8. The molecule has 0 aliphatic rings. The highest BCUT2D eigenvalue weighted by molar-refractivity contribution is 6.35. The lowest BCUT2D eigenvalue weighted by molar-refractivity contribution is 1.03. The predicted molar refractivity (Wildman–Crippen MR) is 65.1 cm³/mol. The summed E-state index contributed by atoms with van der Waals surface area (Å²) in [6.45, 7) is 1.79. The predicted octanol–water partition coefficient (Wildman–Crippen LogP) is 3.05. The van der Waals surface area contributed by atoms with Crippen LogP contribution in [0, 0.1) is 6.92 Å². The summed E-state index contributed by atoms with van der Waals surface area (Å²) in [6.07, 6.45) is 0. The van der Waals surface area contributed by atoms with Gasteiger partial charge in [-0.05, 0) is 31.2 Å². The maximum Gasteiger partial charge on any atom is 0.345 e. The number of hydrogen-bond donors (Lipinski definition) is 1. The van der Waals surface area contributed by atoms with Crippen molar-refractivity contribution < 1.29 is 0 Å². The number of aryl methyl sites for hydroxylation is 1. The van der Waals surface area contributed by atoms with Crippen LogP contribution in [0.2, 0.25) is 10.0 Å². The zero-order valence-corrected chi connectivity index (χ0v) is 9.93. The van der Waals surface area contributed by atoms with Gasteiger partial charge in [-0.1, -0.05) is 23.2 Å². The topological polar surface area (TPSA) is 45.8 Å². The third kappa shape index (κ3) is 2.43. The Morgan fingerprint density at radius 2 is 1.75 bits per heavy atom. The molecule has 3 nitrogen and oxygen atoms in total. The average Bonchev–Trinajstić information content (AvgIpc) is 2.14. The largest absolute Gasteiger partial charge is 0.345 e. The molecule has 5 heteroatoms. The molecule has 0 bridgehead atoms.